The quantitative estimate of drug-likeness (QED) is 0.408. The van der Waals surface area contributed by atoms with E-state index in [1.165, 1.54) is 0 Å². The third-order valence-corrected chi connectivity index (χ3v) is 0.812. The lowest BCUT2D eigenvalue weighted by molar-refractivity contribution is -0.873. The van der Waals surface area contributed by atoms with Gasteiger partial charge in [-0.05, 0) is 6.92 Å². The molecule has 58 valence electrons. The topological polar surface area (TPSA) is 20.2 Å². The van der Waals surface area contributed by atoms with Gasteiger partial charge in [0.15, 0.2) is 0 Å². The lowest BCUT2D eigenvalue weighted by atomic mass is 10.3. The number of hydrogen-bond acceptors (Lipinski definition) is 1. The van der Waals surface area contributed by atoms with Gasteiger partial charge in [0.25, 0.3) is 0 Å². The highest BCUT2D eigenvalue weighted by Crippen LogP contribution is 1.92. The van der Waals surface area contributed by atoms with E-state index in [0.717, 1.165) is 11.0 Å². The molecular weight excluding hydrogens is 229 g/mol. The summed E-state index contributed by atoms with van der Waals surface area (Å²) in [6.07, 6.45) is -0.185. The van der Waals surface area contributed by atoms with Gasteiger partial charge in [0.1, 0.15) is 12.6 Å². The molecule has 0 bridgehead atoms. The van der Waals surface area contributed by atoms with Crippen molar-refractivity contribution in [3.63, 3.8) is 0 Å². The Morgan fingerprint density at radius 2 is 1.67 bits per heavy atom. The van der Waals surface area contributed by atoms with E-state index in [1.807, 2.05) is 6.92 Å². The first-order valence-corrected chi connectivity index (χ1v) is 2.90. The van der Waals surface area contributed by atoms with Crippen LogP contribution in [0.5, 0.6) is 0 Å². The van der Waals surface area contributed by atoms with Crippen LogP contribution in [0.4, 0.5) is 0 Å². The number of rotatable bonds is 2. The van der Waals surface area contributed by atoms with Crippen LogP contribution in [0.3, 0.4) is 0 Å². The van der Waals surface area contributed by atoms with Crippen LogP contribution >= 0.6 is 0 Å². The molecule has 1 unspecified atom stereocenters. The van der Waals surface area contributed by atoms with Crippen molar-refractivity contribution < 1.29 is 33.6 Å². The van der Waals surface area contributed by atoms with Crippen molar-refractivity contribution in [2.24, 2.45) is 0 Å². The second-order valence-corrected chi connectivity index (χ2v) is 3.32. The van der Waals surface area contributed by atoms with Gasteiger partial charge in [-0.15, -0.1) is 0 Å². The maximum atomic E-state index is 8.87. The predicted molar refractivity (Wildman–Crippen MR) is 34.6 cm³/mol. The van der Waals surface area contributed by atoms with Gasteiger partial charge in [0.2, 0.25) is 0 Å². The number of likely N-dealkylation sites (N-methyl/N-ethyl adjacent to an activating group) is 1. The molecule has 0 rings (SSSR count). The van der Waals surface area contributed by atoms with E-state index in [4.69, 9.17) is 5.11 Å². The summed E-state index contributed by atoms with van der Waals surface area (Å²) in [4.78, 5) is 0. The summed E-state index contributed by atoms with van der Waals surface area (Å²) >= 11 is 0. The lowest BCUT2D eigenvalue weighted by Crippen LogP contribution is -3.00. The second kappa shape index (κ2) is 4.46. The predicted octanol–water partition coefficient (Wildman–Crippen LogP) is -2.92. The highest BCUT2D eigenvalue weighted by atomic mass is 127. The summed E-state index contributed by atoms with van der Waals surface area (Å²) in [7, 11) is 6.19. The highest BCUT2D eigenvalue weighted by molar-refractivity contribution is 4.39. The summed E-state index contributed by atoms with van der Waals surface area (Å²) in [5.74, 6) is 0. The summed E-state index contributed by atoms with van der Waals surface area (Å²) in [6.45, 7) is 2.63. The molecule has 0 saturated heterocycles. The largest absolute Gasteiger partial charge is 1.00 e. The van der Waals surface area contributed by atoms with Crippen molar-refractivity contribution in [2.45, 2.75) is 13.0 Å². The van der Waals surface area contributed by atoms with Crippen LogP contribution in [0.25, 0.3) is 0 Å². The summed E-state index contributed by atoms with van der Waals surface area (Å²) < 4.78 is 0.831. The Bertz CT molecular complexity index is 67.9. The van der Waals surface area contributed by atoms with Crippen molar-refractivity contribution in [1.82, 2.24) is 0 Å². The monoisotopic (exact) mass is 245 g/mol. The minimum atomic E-state index is -0.185. The number of aliphatic hydroxyl groups is 1. The maximum absolute atomic E-state index is 8.87. The Morgan fingerprint density at radius 3 is 1.67 bits per heavy atom. The highest BCUT2D eigenvalue weighted by Gasteiger charge is 2.09. The van der Waals surface area contributed by atoms with Crippen LogP contribution < -0.4 is 24.0 Å². The van der Waals surface area contributed by atoms with Crippen LogP contribution in [0.15, 0.2) is 0 Å². The van der Waals surface area contributed by atoms with Gasteiger partial charge in [0, 0.05) is 0 Å². The number of hydrogen-bond donors (Lipinski definition) is 1. The smallest absolute Gasteiger partial charge is 0.104 e. The van der Waals surface area contributed by atoms with Crippen LogP contribution in [-0.2, 0) is 0 Å². The summed E-state index contributed by atoms with van der Waals surface area (Å²) in [6, 6.07) is 0. The average molecular weight is 245 g/mol. The molecule has 2 nitrogen and oxygen atoms in total. The molecule has 0 aliphatic rings. The molecule has 0 aliphatic heterocycles. The van der Waals surface area contributed by atoms with Crippen LogP contribution in [0.1, 0.15) is 6.92 Å². The van der Waals surface area contributed by atoms with Crippen molar-refractivity contribution >= 4 is 0 Å². The molecular formula is C6H16INO. The van der Waals surface area contributed by atoms with E-state index in [-0.39, 0.29) is 30.1 Å². The van der Waals surface area contributed by atoms with Crippen LogP contribution in [-0.4, -0.2) is 43.4 Å². The molecule has 0 aromatic carbocycles. The molecule has 0 spiro atoms. The summed E-state index contributed by atoms with van der Waals surface area (Å²) in [5, 5.41) is 8.87. The minimum absolute atomic E-state index is 0. The fraction of sp³-hybridized carbons (Fsp3) is 1.00. The van der Waals surface area contributed by atoms with E-state index >= 15 is 0 Å². The van der Waals surface area contributed by atoms with Gasteiger partial charge < -0.3 is 33.6 Å². The van der Waals surface area contributed by atoms with Gasteiger partial charge in [-0.3, -0.25) is 0 Å². The van der Waals surface area contributed by atoms with E-state index in [0.29, 0.717) is 0 Å². The molecule has 1 atom stereocenters. The second-order valence-electron chi connectivity index (χ2n) is 3.32. The first-order chi connectivity index (χ1) is 3.42. The molecule has 0 amide bonds. The first-order valence-electron chi connectivity index (χ1n) is 2.90. The molecule has 3 heteroatoms. The molecule has 0 heterocycles. The van der Waals surface area contributed by atoms with E-state index in [9.17, 15) is 0 Å². The van der Waals surface area contributed by atoms with Gasteiger partial charge in [-0.25, -0.2) is 0 Å². The molecule has 0 fully saturated rings. The Morgan fingerprint density at radius 1 is 1.33 bits per heavy atom. The van der Waals surface area contributed by atoms with Crippen molar-refractivity contribution in [3.05, 3.63) is 0 Å². The number of aliphatic hydroxyl groups excluding tert-OH is 1. The van der Waals surface area contributed by atoms with E-state index in [2.05, 4.69) is 21.1 Å². The average Bonchev–Trinajstić information content (AvgIpc) is 1.21. The zero-order valence-electron chi connectivity index (χ0n) is 6.56. The van der Waals surface area contributed by atoms with E-state index in [1.54, 1.807) is 0 Å². The standard InChI is InChI=1S/C6H16NO.HI/c1-6(8)5-7(2,3)4;/h6,8H,5H2,1-4H3;1H/q+1;/p-1. The lowest BCUT2D eigenvalue weighted by Gasteiger charge is -2.24. The Labute approximate surface area is 74.5 Å². The SMILES string of the molecule is CC(O)C[N+](C)(C)C.[I-]. The van der Waals surface area contributed by atoms with Gasteiger partial charge in [0.05, 0.1) is 21.1 Å². The molecule has 0 radical (unpaired) electrons. The molecule has 0 aliphatic carbocycles. The maximum Gasteiger partial charge on any atom is 0.104 e. The van der Waals surface area contributed by atoms with E-state index < -0.39 is 0 Å². The molecule has 0 aromatic heterocycles. The fourth-order valence-electron chi connectivity index (χ4n) is 0.793. The third-order valence-electron chi connectivity index (χ3n) is 0.812. The first kappa shape index (κ1) is 12.3. The molecule has 1 N–H and O–H groups in total. The number of quaternary nitrogens is 1. The summed E-state index contributed by atoms with van der Waals surface area (Å²) in [5.41, 5.74) is 0. The Kier molecular flexibility index (Phi) is 6.12. The van der Waals surface area contributed by atoms with Crippen molar-refractivity contribution in [2.75, 3.05) is 27.7 Å². The van der Waals surface area contributed by atoms with Crippen LogP contribution in [0, 0.1) is 0 Å². The van der Waals surface area contributed by atoms with Gasteiger partial charge in [-0.2, -0.15) is 0 Å². The molecule has 0 aromatic rings. The number of nitrogens with zero attached hydrogens (tertiary/aromatic N) is 1. The van der Waals surface area contributed by atoms with Gasteiger partial charge in [-0.1, -0.05) is 0 Å². The Balaban J connectivity index is 0. The van der Waals surface area contributed by atoms with Crippen LogP contribution in [0.2, 0.25) is 0 Å². The zero-order chi connectivity index (χ0) is 6.78. The van der Waals surface area contributed by atoms with Gasteiger partial charge >= 0.3 is 0 Å². The normalized spacial score (nSPS) is 14.3. The zero-order valence-corrected chi connectivity index (χ0v) is 8.71. The number of halogens is 1. The Hall–Kier alpha value is 0.650. The third kappa shape index (κ3) is 12.0. The molecule has 0 saturated carbocycles. The fourth-order valence-corrected chi connectivity index (χ4v) is 0.793. The minimum Gasteiger partial charge on any atom is -1.00 e. The van der Waals surface area contributed by atoms with Crippen molar-refractivity contribution in [3.8, 4) is 0 Å². The van der Waals surface area contributed by atoms with Crippen molar-refractivity contribution in [1.29, 1.82) is 0 Å². The molecule has 9 heavy (non-hydrogen) atoms.